The average Bonchev–Trinajstić information content (AvgIpc) is 2.38. The molecule has 2 atom stereocenters. The van der Waals surface area contributed by atoms with Crippen LogP contribution in [0, 0.1) is 10.8 Å². The first kappa shape index (κ1) is 9.40. The molecule has 1 aliphatic carbocycles. The molecule has 0 spiro atoms. The Hall–Kier alpha value is -0.160. The largest absolute Gasteiger partial charge is 0.396 e. The smallest absolute Gasteiger partial charge is 0.0740 e. The molecule has 2 unspecified atom stereocenters. The van der Waals surface area contributed by atoms with Crippen molar-refractivity contribution in [3.05, 3.63) is 0 Å². The normalized spacial score (nSPS) is 49.6. The maximum atomic E-state index is 10.0. The number of aliphatic hydroxyl groups is 3. The zero-order valence-corrected chi connectivity index (χ0v) is 7.57. The van der Waals surface area contributed by atoms with Gasteiger partial charge in [0.25, 0.3) is 0 Å². The van der Waals surface area contributed by atoms with Gasteiger partial charge in [-0.15, -0.1) is 0 Å². The third kappa shape index (κ3) is 1.06. The molecule has 1 heterocycles. The van der Waals surface area contributed by atoms with Gasteiger partial charge in [-0.3, -0.25) is 0 Å². The van der Waals surface area contributed by atoms with Crippen LogP contribution in [0.2, 0.25) is 0 Å². The predicted molar refractivity (Wildman–Crippen MR) is 45.1 cm³/mol. The SMILES string of the molecule is OCC12CCC(CO)(COC1)C2O. The molecular weight excluding hydrogens is 172 g/mol. The maximum Gasteiger partial charge on any atom is 0.0740 e. The van der Waals surface area contributed by atoms with Crippen molar-refractivity contribution in [3.63, 3.8) is 0 Å². The van der Waals surface area contributed by atoms with E-state index in [9.17, 15) is 15.3 Å². The first-order valence-corrected chi connectivity index (χ1v) is 4.67. The van der Waals surface area contributed by atoms with Gasteiger partial charge in [0.1, 0.15) is 0 Å². The third-order valence-corrected chi connectivity index (χ3v) is 3.69. The van der Waals surface area contributed by atoms with Gasteiger partial charge in [-0.25, -0.2) is 0 Å². The molecule has 13 heavy (non-hydrogen) atoms. The lowest BCUT2D eigenvalue weighted by atomic mass is 9.76. The zero-order chi connectivity index (χ0) is 9.53. The molecule has 76 valence electrons. The number of hydrogen-bond acceptors (Lipinski definition) is 4. The van der Waals surface area contributed by atoms with E-state index in [0.717, 1.165) is 12.8 Å². The van der Waals surface area contributed by atoms with Crippen molar-refractivity contribution in [2.45, 2.75) is 18.9 Å². The minimum Gasteiger partial charge on any atom is -0.396 e. The van der Waals surface area contributed by atoms with Crippen LogP contribution in [0.4, 0.5) is 0 Å². The predicted octanol–water partition coefficient (Wildman–Crippen LogP) is -0.871. The van der Waals surface area contributed by atoms with E-state index in [1.54, 1.807) is 0 Å². The molecule has 3 N–H and O–H groups in total. The monoisotopic (exact) mass is 188 g/mol. The highest BCUT2D eigenvalue weighted by Crippen LogP contribution is 2.52. The van der Waals surface area contributed by atoms with Crippen molar-refractivity contribution in [1.29, 1.82) is 0 Å². The molecule has 2 aliphatic rings. The van der Waals surface area contributed by atoms with Crippen molar-refractivity contribution < 1.29 is 20.1 Å². The average molecular weight is 188 g/mol. The van der Waals surface area contributed by atoms with Crippen molar-refractivity contribution in [3.8, 4) is 0 Å². The summed E-state index contributed by atoms with van der Waals surface area (Å²) in [5, 5.41) is 28.5. The number of aliphatic hydroxyl groups excluding tert-OH is 3. The van der Waals surface area contributed by atoms with Crippen LogP contribution in [0.15, 0.2) is 0 Å². The van der Waals surface area contributed by atoms with E-state index >= 15 is 0 Å². The van der Waals surface area contributed by atoms with E-state index in [0.29, 0.717) is 13.2 Å². The van der Waals surface area contributed by atoms with Crippen molar-refractivity contribution >= 4 is 0 Å². The quantitative estimate of drug-likeness (QED) is 0.527. The first-order chi connectivity index (χ1) is 6.19. The Bertz CT molecular complexity index is 188. The van der Waals surface area contributed by atoms with Gasteiger partial charge in [-0.05, 0) is 12.8 Å². The second kappa shape index (κ2) is 2.92. The molecule has 1 saturated carbocycles. The topological polar surface area (TPSA) is 69.9 Å². The van der Waals surface area contributed by atoms with Crippen LogP contribution in [0.1, 0.15) is 12.8 Å². The molecule has 1 saturated heterocycles. The zero-order valence-electron chi connectivity index (χ0n) is 7.57. The molecule has 0 aromatic heterocycles. The van der Waals surface area contributed by atoms with Gasteiger partial charge >= 0.3 is 0 Å². The summed E-state index contributed by atoms with van der Waals surface area (Å²) in [5.41, 5.74) is -1.03. The Morgan fingerprint density at radius 3 is 1.92 bits per heavy atom. The summed E-state index contributed by atoms with van der Waals surface area (Å²) in [6.45, 7) is 0.699. The van der Waals surface area contributed by atoms with Crippen LogP contribution in [0.5, 0.6) is 0 Å². The van der Waals surface area contributed by atoms with E-state index in [1.807, 2.05) is 0 Å². The van der Waals surface area contributed by atoms with Crippen molar-refractivity contribution in [1.82, 2.24) is 0 Å². The van der Waals surface area contributed by atoms with Crippen LogP contribution in [-0.4, -0.2) is 47.9 Å². The first-order valence-electron chi connectivity index (χ1n) is 4.67. The van der Waals surface area contributed by atoms with Gasteiger partial charge in [0.05, 0.1) is 32.5 Å². The summed E-state index contributed by atoms with van der Waals surface area (Å²) in [4.78, 5) is 0. The Labute approximate surface area is 77.1 Å². The highest BCUT2D eigenvalue weighted by atomic mass is 16.5. The second-order valence-electron chi connectivity index (χ2n) is 4.44. The summed E-state index contributed by atoms with van der Waals surface area (Å²) in [6.07, 6.45) is 0.861. The fourth-order valence-electron chi connectivity index (χ4n) is 2.60. The molecule has 2 bridgehead atoms. The molecule has 0 amide bonds. The molecule has 0 radical (unpaired) electrons. The van der Waals surface area contributed by atoms with Gasteiger partial charge < -0.3 is 20.1 Å². The van der Waals surface area contributed by atoms with E-state index in [4.69, 9.17) is 4.74 Å². The minimum atomic E-state index is -0.622. The molecule has 0 aromatic carbocycles. The Kier molecular flexibility index (Phi) is 2.11. The number of ether oxygens (including phenoxy) is 1. The molecule has 4 nitrogen and oxygen atoms in total. The van der Waals surface area contributed by atoms with Crippen molar-refractivity contribution in [2.24, 2.45) is 10.8 Å². The van der Waals surface area contributed by atoms with Crippen LogP contribution in [-0.2, 0) is 4.74 Å². The van der Waals surface area contributed by atoms with Gasteiger partial charge in [-0.1, -0.05) is 0 Å². The van der Waals surface area contributed by atoms with Crippen molar-refractivity contribution in [2.75, 3.05) is 26.4 Å². The molecule has 2 rings (SSSR count). The lowest BCUT2D eigenvalue weighted by Crippen LogP contribution is -2.53. The molecular formula is C9H16O4. The Balaban J connectivity index is 2.28. The van der Waals surface area contributed by atoms with Gasteiger partial charge in [0.15, 0.2) is 0 Å². The van der Waals surface area contributed by atoms with E-state index in [1.165, 1.54) is 0 Å². The van der Waals surface area contributed by atoms with Crippen LogP contribution < -0.4 is 0 Å². The van der Waals surface area contributed by atoms with Gasteiger partial charge in [-0.2, -0.15) is 0 Å². The lowest BCUT2D eigenvalue weighted by Gasteiger charge is -2.42. The Morgan fingerprint density at radius 1 is 1.08 bits per heavy atom. The van der Waals surface area contributed by atoms with Gasteiger partial charge in [0, 0.05) is 10.8 Å². The van der Waals surface area contributed by atoms with Crippen LogP contribution in [0.3, 0.4) is 0 Å². The van der Waals surface area contributed by atoms with Crippen LogP contribution in [0.25, 0.3) is 0 Å². The summed E-state index contributed by atoms with van der Waals surface area (Å²) in [7, 11) is 0. The Morgan fingerprint density at radius 2 is 1.54 bits per heavy atom. The summed E-state index contributed by atoms with van der Waals surface area (Å²) >= 11 is 0. The number of fused-ring (bicyclic) bond motifs is 2. The summed E-state index contributed by atoms with van der Waals surface area (Å²) in [6, 6.07) is 0. The molecule has 0 aromatic rings. The van der Waals surface area contributed by atoms with E-state index in [-0.39, 0.29) is 13.2 Å². The van der Waals surface area contributed by atoms with E-state index < -0.39 is 16.9 Å². The fraction of sp³-hybridized carbons (Fsp3) is 1.00. The summed E-state index contributed by atoms with van der Waals surface area (Å²) < 4.78 is 5.34. The highest BCUT2D eigenvalue weighted by Gasteiger charge is 2.59. The fourth-order valence-corrected chi connectivity index (χ4v) is 2.60. The summed E-state index contributed by atoms with van der Waals surface area (Å²) in [5.74, 6) is 0. The van der Waals surface area contributed by atoms with E-state index in [2.05, 4.69) is 0 Å². The maximum absolute atomic E-state index is 10.0. The third-order valence-electron chi connectivity index (χ3n) is 3.69. The minimum absolute atomic E-state index is 0.0596. The lowest BCUT2D eigenvalue weighted by molar-refractivity contribution is -0.168. The van der Waals surface area contributed by atoms with Crippen LogP contribution >= 0.6 is 0 Å². The number of rotatable bonds is 2. The molecule has 1 aliphatic heterocycles. The number of hydrogen-bond donors (Lipinski definition) is 3. The standard InChI is InChI=1S/C9H16O4/c10-3-8-1-2-9(4-11,7(8)12)6-13-5-8/h7,10-12H,1-6H2. The molecule has 4 heteroatoms. The van der Waals surface area contributed by atoms with Gasteiger partial charge in [0.2, 0.25) is 0 Å². The molecule has 2 fully saturated rings. The second-order valence-corrected chi connectivity index (χ2v) is 4.44. The highest BCUT2D eigenvalue weighted by molar-refractivity contribution is 5.07.